The summed E-state index contributed by atoms with van der Waals surface area (Å²) in [7, 11) is 0. The summed E-state index contributed by atoms with van der Waals surface area (Å²) in [4.78, 5) is 29.1. The Labute approximate surface area is 91.7 Å². The topological polar surface area (TPSA) is 118 Å². The Morgan fingerprint density at radius 3 is 2.62 bits per heavy atom. The largest absolute Gasteiger partial charge is 0.481 e. The quantitative estimate of drug-likeness (QED) is 0.626. The minimum atomic E-state index is -0.980. The third kappa shape index (κ3) is 4.01. The van der Waals surface area contributed by atoms with Gasteiger partial charge < -0.3 is 16.2 Å². The van der Waals surface area contributed by atoms with Crippen molar-refractivity contribution in [1.29, 1.82) is 0 Å². The van der Waals surface area contributed by atoms with Crippen LogP contribution in [-0.4, -0.2) is 33.0 Å². The van der Waals surface area contributed by atoms with E-state index in [-0.39, 0.29) is 12.8 Å². The van der Waals surface area contributed by atoms with Crippen molar-refractivity contribution in [2.24, 2.45) is 5.73 Å². The molecule has 0 saturated heterocycles. The molecule has 7 nitrogen and oxygen atoms in total. The number of nitrogens with one attached hydrogen (secondary N) is 1. The smallest absolute Gasteiger partial charge is 0.303 e. The van der Waals surface area contributed by atoms with Gasteiger partial charge in [0.2, 0.25) is 5.91 Å². The van der Waals surface area contributed by atoms with Gasteiger partial charge in [-0.25, -0.2) is 9.97 Å². The lowest BCUT2D eigenvalue weighted by atomic mass is 10.1. The summed E-state index contributed by atoms with van der Waals surface area (Å²) < 4.78 is 0. The van der Waals surface area contributed by atoms with E-state index in [1.54, 1.807) is 0 Å². The number of aliphatic carboxylic acids is 1. The van der Waals surface area contributed by atoms with Crippen LogP contribution in [0.1, 0.15) is 12.8 Å². The summed E-state index contributed by atoms with van der Waals surface area (Å²) in [6.45, 7) is 0. The number of nitrogens with zero attached hydrogens (tertiary/aromatic N) is 2. The molecule has 1 rings (SSSR count). The zero-order valence-electron chi connectivity index (χ0n) is 8.46. The van der Waals surface area contributed by atoms with Crippen molar-refractivity contribution >= 4 is 17.6 Å². The zero-order valence-corrected chi connectivity index (χ0v) is 8.46. The summed E-state index contributed by atoms with van der Waals surface area (Å²) >= 11 is 0. The highest BCUT2D eigenvalue weighted by Crippen LogP contribution is 2.03. The van der Waals surface area contributed by atoms with Crippen LogP contribution in [-0.2, 0) is 9.59 Å². The fourth-order valence-corrected chi connectivity index (χ4v) is 1.01. The fourth-order valence-electron chi connectivity index (χ4n) is 1.01. The highest BCUT2D eigenvalue weighted by atomic mass is 16.4. The maximum atomic E-state index is 11.4. The molecule has 1 unspecified atom stereocenters. The Bertz CT molecular complexity index is 368. The van der Waals surface area contributed by atoms with Crippen LogP contribution in [0.5, 0.6) is 0 Å². The van der Waals surface area contributed by atoms with E-state index in [9.17, 15) is 9.59 Å². The van der Waals surface area contributed by atoms with Crippen LogP contribution in [0, 0.1) is 0 Å². The predicted octanol–water partition coefficient (Wildman–Crippen LogP) is -0.393. The van der Waals surface area contributed by atoms with Gasteiger partial charge in [0.15, 0.2) is 0 Å². The van der Waals surface area contributed by atoms with Gasteiger partial charge in [0, 0.05) is 6.42 Å². The van der Waals surface area contributed by atoms with E-state index < -0.39 is 17.9 Å². The van der Waals surface area contributed by atoms with Crippen molar-refractivity contribution in [3.05, 3.63) is 18.7 Å². The van der Waals surface area contributed by atoms with E-state index in [1.165, 1.54) is 18.7 Å². The number of carbonyl (C=O) groups excluding carboxylic acids is 1. The van der Waals surface area contributed by atoms with E-state index >= 15 is 0 Å². The summed E-state index contributed by atoms with van der Waals surface area (Å²) in [5, 5.41) is 10.9. The van der Waals surface area contributed by atoms with Crippen LogP contribution < -0.4 is 11.1 Å². The first-order chi connectivity index (χ1) is 7.59. The monoisotopic (exact) mass is 224 g/mol. The molecule has 0 spiro atoms. The minimum Gasteiger partial charge on any atom is -0.481 e. The number of carboxylic acids is 1. The zero-order chi connectivity index (χ0) is 12.0. The minimum absolute atomic E-state index is 0.0921. The molecule has 1 atom stereocenters. The molecular formula is C9H12N4O3. The molecule has 0 saturated carbocycles. The predicted molar refractivity (Wildman–Crippen MR) is 55.5 cm³/mol. The molecule has 0 aliphatic rings. The summed E-state index contributed by atoms with van der Waals surface area (Å²) in [6, 6.07) is -0.851. The Hall–Kier alpha value is -2.02. The van der Waals surface area contributed by atoms with Crippen molar-refractivity contribution in [3.63, 3.8) is 0 Å². The molecule has 4 N–H and O–H groups in total. The first kappa shape index (κ1) is 12.1. The first-order valence-electron chi connectivity index (χ1n) is 4.63. The molecule has 0 bridgehead atoms. The van der Waals surface area contributed by atoms with Gasteiger partial charge in [-0.15, -0.1) is 0 Å². The molecule has 0 fully saturated rings. The van der Waals surface area contributed by atoms with Crippen molar-refractivity contribution in [2.45, 2.75) is 18.9 Å². The van der Waals surface area contributed by atoms with Crippen LogP contribution in [0.4, 0.5) is 5.69 Å². The van der Waals surface area contributed by atoms with Gasteiger partial charge in [0.05, 0.1) is 24.1 Å². The highest BCUT2D eigenvalue weighted by Gasteiger charge is 2.14. The summed E-state index contributed by atoms with van der Waals surface area (Å²) in [5.74, 6) is -1.43. The molecule has 1 amide bonds. The normalized spacial score (nSPS) is 11.8. The van der Waals surface area contributed by atoms with E-state index in [0.717, 1.165) is 0 Å². The van der Waals surface area contributed by atoms with Crippen LogP contribution in [0.15, 0.2) is 18.7 Å². The number of nitrogens with two attached hydrogens (primary N) is 1. The molecule has 7 heteroatoms. The van der Waals surface area contributed by atoms with E-state index in [4.69, 9.17) is 10.8 Å². The number of rotatable bonds is 5. The molecule has 0 aromatic carbocycles. The van der Waals surface area contributed by atoms with Crippen LogP contribution in [0.3, 0.4) is 0 Å². The van der Waals surface area contributed by atoms with Gasteiger partial charge in [-0.05, 0) is 6.42 Å². The SMILES string of the molecule is NC(CCC(=O)O)C(=O)Nc1cncnc1. The van der Waals surface area contributed by atoms with Gasteiger partial charge >= 0.3 is 5.97 Å². The van der Waals surface area contributed by atoms with E-state index in [2.05, 4.69) is 15.3 Å². The van der Waals surface area contributed by atoms with Gasteiger partial charge in [0.25, 0.3) is 0 Å². The highest BCUT2D eigenvalue weighted by molar-refractivity contribution is 5.94. The molecular weight excluding hydrogens is 212 g/mol. The van der Waals surface area contributed by atoms with Crippen LogP contribution in [0.25, 0.3) is 0 Å². The second kappa shape index (κ2) is 5.76. The maximum Gasteiger partial charge on any atom is 0.303 e. The average Bonchev–Trinajstić information content (AvgIpc) is 2.27. The van der Waals surface area contributed by atoms with Gasteiger partial charge in [-0.1, -0.05) is 0 Å². The standard InChI is InChI=1S/C9H12N4O3/c10-7(1-2-8(14)15)9(16)13-6-3-11-5-12-4-6/h3-5,7H,1-2,10H2,(H,13,16)(H,14,15). The molecule has 1 heterocycles. The third-order valence-electron chi connectivity index (χ3n) is 1.83. The molecule has 0 aliphatic carbocycles. The van der Waals surface area contributed by atoms with Crippen molar-refractivity contribution in [3.8, 4) is 0 Å². The average molecular weight is 224 g/mol. The number of carbonyl (C=O) groups is 2. The van der Waals surface area contributed by atoms with Crippen molar-refractivity contribution < 1.29 is 14.7 Å². The molecule has 86 valence electrons. The first-order valence-corrected chi connectivity index (χ1v) is 4.63. The van der Waals surface area contributed by atoms with Gasteiger partial charge in [-0.2, -0.15) is 0 Å². The number of amides is 1. The molecule has 1 aromatic rings. The van der Waals surface area contributed by atoms with Crippen molar-refractivity contribution in [2.75, 3.05) is 5.32 Å². The molecule has 1 aromatic heterocycles. The number of hydrogen-bond acceptors (Lipinski definition) is 5. The lowest BCUT2D eigenvalue weighted by molar-refractivity contribution is -0.137. The number of aromatic nitrogens is 2. The Kier molecular flexibility index (Phi) is 4.34. The molecule has 0 radical (unpaired) electrons. The Morgan fingerprint density at radius 1 is 1.44 bits per heavy atom. The molecule has 0 aliphatic heterocycles. The summed E-state index contributed by atoms with van der Waals surface area (Å²) in [5.41, 5.74) is 5.93. The van der Waals surface area contributed by atoms with Crippen LogP contribution in [0.2, 0.25) is 0 Å². The third-order valence-corrected chi connectivity index (χ3v) is 1.83. The number of hydrogen-bond donors (Lipinski definition) is 3. The lowest BCUT2D eigenvalue weighted by Crippen LogP contribution is -2.36. The van der Waals surface area contributed by atoms with E-state index in [0.29, 0.717) is 5.69 Å². The Morgan fingerprint density at radius 2 is 2.06 bits per heavy atom. The molecule has 16 heavy (non-hydrogen) atoms. The van der Waals surface area contributed by atoms with Crippen LogP contribution >= 0.6 is 0 Å². The fraction of sp³-hybridized carbons (Fsp3) is 0.333. The number of anilines is 1. The van der Waals surface area contributed by atoms with Gasteiger partial charge in [0.1, 0.15) is 6.33 Å². The Balaban J connectivity index is 2.43. The second-order valence-corrected chi connectivity index (χ2v) is 3.16. The van der Waals surface area contributed by atoms with E-state index in [1.807, 2.05) is 0 Å². The lowest BCUT2D eigenvalue weighted by Gasteiger charge is -2.10. The number of carboxylic acid groups (broad SMARTS) is 1. The second-order valence-electron chi connectivity index (χ2n) is 3.16. The summed E-state index contributed by atoms with van der Waals surface area (Å²) in [6.07, 6.45) is 4.14. The van der Waals surface area contributed by atoms with Crippen molar-refractivity contribution in [1.82, 2.24) is 9.97 Å². The van der Waals surface area contributed by atoms with Gasteiger partial charge in [-0.3, -0.25) is 9.59 Å². The maximum absolute atomic E-state index is 11.4.